The molecule has 0 fully saturated rings. The van der Waals surface area contributed by atoms with Gasteiger partial charge in [-0.2, -0.15) is 0 Å². The Morgan fingerprint density at radius 3 is 2.60 bits per heavy atom. The molecular weight excluding hydrogens is 320 g/mol. The predicted molar refractivity (Wildman–Crippen MR) is 94.3 cm³/mol. The van der Waals surface area contributed by atoms with Gasteiger partial charge in [0.15, 0.2) is 0 Å². The van der Waals surface area contributed by atoms with Crippen LogP contribution in [0.5, 0.6) is 0 Å². The van der Waals surface area contributed by atoms with Crippen molar-refractivity contribution in [3.8, 4) is 0 Å². The number of benzene rings is 1. The molecule has 1 unspecified atom stereocenters. The molecule has 0 aliphatic carbocycles. The van der Waals surface area contributed by atoms with Crippen LogP contribution in [0.25, 0.3) is 0 Å². The first-order valence-electron chi connectivity index (χ1n) is 7.96. The standard InChI is InChI=1S/C18H20N4O3/c1-12-10-19-17(25-12)13(2)21-14-5-7-15(8-6-14)22-18(23)20-11-16-4-3-9-24-16/h3-10,13,21H,11H2,1-2H3,(H2,20,22,23). The van der Waals surface area contributed by atoms with Crippen molar-refractivity contribution in [1.29, 1.82) is 0 Å². The molecule has 7 nitrogen and oxygen atoms in total. The summed E-state index contributed by atoms with van der Waals surface area (Å²) in [6.45, 7) is 4.17. The molecular formula is C18H20N4O3. The highest BCUT2D eigenvalue weighted by Crippen LogP contribution is 2.20. The highest BCUT2D eigenvalue weighted by molar-refractivity contribution is 5.89. The average molecular weight is 340 g/mol. The molecule has 130 valence electrons. The number of nitrogens with one attached hydrogen (secondary N) is 3. The van der Waals surface area contributed by atoms with Crippen LogP contribution in [0.2, 0.25) is 0 Å². The zero-order chi connectivity index (χ0) is 17.6. The molecule has 7 heteroatoms. The van der Waals surface area contributed by atoms with Crippen molar-refractivity contribution in [2.45, 2.75) is 26.4 Å². The number of carbonyl (C=O) groups excluding carboxylic acids is 1. The fourth-order valence-corrected chi connectivity index (χ4v) is 2.29. The maximum Gasteiger partial charge on any atom is 0.319 e. The van der Waals surface area contributed by atoms with Gasteiger partial charge in [-0.25, -0.2) is 9.78 Å². The molecule has 25 heavy (non-hydrogen) atoms. The average Bonchev–Trinajstić information content (AvgIpc) is 3.26. The molecule has 0 spiro atoms. The van der Waals surface area contributed by atoms with Gasteiger partial charge < -0.3 is 24.8 Å². The minimum Gasteiger partial charge on any atom is -0.467 e. The normalized spacial score (nSPS) is 11.8. The quantitative estimate of drug-likeness (QED) is 0.629. The van der Waals surface area contributed by atoms with Crippen molar-refractivity contribution < 1.29 is 13.6 Å². The first-order chi connectivity index (χ1) is 12.1. The Kier molecular flexibility index (Phi) is 5.03. The fraction of sp³-hybridized carbons (Fsp3) is 0.222. The molecule has 0 saturated heterocycles. The van der Waals surface area contributed by atoms with Crippen molar-refractivity contribution in [2.75, 3.05) is 10.6 Å². The lowest BCUT2D eigenvalue weighted by Crippen LogP contribution is -2.27. The number of urea groups is 1. The summed E-state index contributed by atoms with van der Waals surface area (Å²) < 4.78 is 10.7. The molecule has 3 aromatic rings. The van der Waals surface area contributed by atoms with E-state index in [4.69, 9.17) is 8.83 Å². The van der Waals surface area contributed by atoms with Gasteiger partial charge in [-0.05, 0) is 50.2 Å². The van der Waals surface area contributed by atoms with Crippen molar-refractivity contribution >= 4 is 17.4 Å². The summed E-state index contributed by atoms with van der Waals surface area (Å²) >= 11 is 0. The fourth-order valence-electron chi connectivity index (χ4n) is 2.29. The number of nitrogens with zero attached hydrogens (tertiary/aromatic N) is 1. The van der Waals surface area contributed by atoms with Crippen molar-refractivity contribution in [2.24, 2.45) is 0 Å². The van der Waals surface area contributed by atoms with Crippen LogP contribution in [0.4, 0.5) is 16.2 Å². The van der Waals surface area contributed by atoms with Crippen LogP contribution >= 0.6 is 0 Å². The SMILES string of the molecule is Cc1cnc(C(C)Nc2ccc(NC(=O)NCc3ccco3)cc2)o1. The van der Waals surface area contributed by atoms with Crippen LogP contribution in [-0.2, 0) is 6.54 Å². The van der Waals surface area contributed by atoms with Crippen LogP contribution in [0.3, 0.4) is 0 Å². The van der Waals surface area contributed by atoms with Gasteiger partial charge in [-0.15, -0.1) is 0 Å². The molecule has 0 saturated carbocycles. The Bertz CT molecular complexity index is 809. The minimum atomic E-state index is -0.291. The van der Waals surface area contributed by atoms with Crippen LogP contribution < -0.4 is 16.0 Å². The Hall–Kier alpha value is -3.22. The Morgan fingerprint density at radius 1 is 1.20 bits per heavy atom. The maximum absolute atomic E-state index is 11.9. The van der Waals surface area contributed by atoms with Crippen LogP contribution in [-0.4, -0.2) is 11.0 Å². The summed E-state index contributed by atoms with van der Waals surface area (Å²) in [6, 6.07) is 10.6. The Morgan fingerprint density at radius 2 is 1.96 bits per heavy atom. The van der Waals surface area contributed by atoms with E-state index in [1.165, 1.54) is 0 Å². The van der Waals surface area contributed by atoms with E-state index in [0.717, 1.165) is 11.4 Å². The highest BCUT2D eigenvalue weighted by Gasteiger charge is 2.11. The maximum atomic E-state index is 11.9. The smallest absolute Gasteiger partial charge is 0.319 e. The van der Waals surface area contributed by atoms with E-state index in [-0.39, 0.29) is 12.1 Å². The lowest BCUT2D eigenvalue weighted by molar-refractivity contribution is 0.251. The summed E-state index contributed by atoms with van der Waals surface area (Å²) in [5.41, 5.74) is 1.60. The van der Waals surface area contributed by atoms with Crippen molar-refractivity contribution in [3.63, 3.8) is 0 Å². The molecule has 3 N–H and O–H groups in total. The molecule has 0 aliphatic heterocycles. The summed E-state index contributed by atoms with van der Waals surface area (Å²) in [4.78, 5) is 16.1. The van der Waals surface area contributed by atoms with E-state index >= 15 is 0 Å². The third-order valence-corrected chi connectivity index (χ3v) is 3.54. The Labute approximate surface area is 145 Å². The van der Waals surface area contributed by atoms with E-state index in [2.05, 4.69) is 20.9 Å². The first kappa shape index (κ1) is 16.6. The molecule has 3 rings (SSSR count). The monoisotopic (exact) mass is 340 g/mol. The molecule has 1 atom stereocenters. The summed E-state index contributed by atoms with van der Waals surface area (Å²) in [5, 5.41) is 8.79. The first-order valence-corrected chi connectivity index (χ1v) is 7.96. The zero-order valence-electron chi connectivity index (χ0n) is 14.1. The van der Waals surface area contributed by atoms with E-state index in [1.807, 2.05) is 38.1 Å². The molecule has 0 aliphatic rings. The van der Waals surface area contributed by atoms with Gasteiger partial charge in [0, 0.05) is 11.4 Å². The van der Waals surface area contributed by atoms with Crippen LogP contribution in [0.15, 0.2) is 57.7 Å². The van der Waals surface area contributed by atoms with Gasteiger partial charge in [0.25, 0.3) is 0 Å². The number of rotatable bonds is 6. The number of oxazole rings is 1. The van der Waals surface area contributed by atoms with Crippen LogP contribution in [0, 0.1) is 6.92 Å². The number of anilines is 2. The number of furan rings is 1. The number of hydrogen-bond acceptors (Lipinski definition) is 5. The van der Waals surface area contributed by atoms with Crippen LogP contribution in [0.1, 0.15) is 30.4 Å². The summed E-state index contributed by atoms with van der Waals surface area (Å²) in [5.74, 6) is 2.12. The number of hydrogen-bond donors (Lipinski definition) is 3. The summed E-state index contributed by atoms with van der Waals surface area (Å²) in [7, 11) is 0. The number of carbonyl (C=O) groups is 1. The summed E-state index contributed by atoms with van der Waals surface area (Å²) in [6.07, 6.45) is 3.27. The van der Waals surface area contributed by atoms with E-state index < -0.39 is 0 Å². The molecule has 2 aromatic heterocycles. The lowest BCUT2D eigenvalue weighted by atomic mass is 10.2. The topological polar surface area (TPSA) is 92.3 Å². The molecule has 2 heterocycles. The van der Waals surface area contributed by atoms with Gasteiger partial charge in [0.2, 0.25) is 5.89 Å². The second-order valence-corrected chi connectivity index (χ2v) is 5.64. The Balaban J connectivity index is 1.50. The molecule has 0 bridgehead atoms. The molecule has 1 aromatic carbocycles. The minimum absolute atomic E-state index is 0.0518. The number of aromatic nitrogens is 1. The largest absolute Gasteiger partial charge is 0.467 e. The van der Waals surface area contributed by atoms with Gasteiger partial charge >= 0.3 is 6.03 Å². The third-order valence-electron chi connectivity index (χ3n) is 3.54. The number of amides is 2. The van der Waals surface area contributed by atoms with Gasteiger partial charge in [-0.3, -0.25) is 0 Å². The van der Waals surface area contributed by atoms with Gasteiger partial charge in [0.1, 0.15) is 17.6 Å². The molecule has 2 amide bonds. The third kappa shape index (κ3) is 4.63. The highest BCUT2D eigenvalue weighted by atomic mass is 16.4. The van der Waals surface area contributed by atoms with Crippen molar-refractivity contribution in [1.82, 2.24) is 10.3 Å². The van der Waals surface area contributed by atoms with Gasteiger partial charge in [0.05, 0.1) is 19.0 Å². The second kappa shape index (κ2) is 7.57. The lowest BCUT2D eigenvalue weighted by Gasteiger charge is -2.13. The van der Waals surface area contributed by atoms with Crippen molar-refractivity contribution in [3.05, 3.63) is 66.3 Å². The zero-order valence-corrected chi connectivity index (χ0v) is 14.1. The van der Waals surface area contributed by atoms with Gasteiger partial charge in [-0.1, -0.05) is 0 Å². The molecule has 0 radical (unpaired) electrons. The second-order valence-electron chi connectivity index (χ2n) is 5.64. The number of aryl methyl sites for hydroxylation is 1. The van der Waals surface area contributed by atoms with E-state index in [9.17, 15) is 4.79 Å². The van der Waals surface area contributed by atoms with E-state index in [0.29, 0.717) is 23.9 Å². The predicted octanol–water partition coefficient (Wildman–Crippen LogP) is 4.07. The van der Waals surface area contributed by atoms with E-state index in [1.54, 1.807) is 24.6 Å².